The number of likely N-dealkylation sites (tertiary alicyclic amines) is 2. The van der Waals surface area contributed by atoms with E-state index in [2.05, 4.69) is 31.4 Å². The molecule has 1 N–H and O–H groups in total. The fourth-order valence-electron chi connectivity index (χ4n) is 5.06. The molecule has 0 unspecified atom stereocenters. The second-order valence-corrected chi connectivity index (χ2v) is 8.61. The molecule has 7 nitrogen and oxygen atoms in total. The molecule has 7 heteroatoms. The number of anilines is 1. The summed E-state index contributed by atoms with van der Waals surface area (Å²) >= 11 is 0. The smallest absolute Gasteiger partial charge is 0.320 e. The van der Waals surface area contributed by atoms with Crippen LogP contribution < -0.4 is 5.32 Å². The number of amides is 2. The lowest BCUT2D eigenvalue weighted by atomic mass is 9.86. The highest BCUT2D eigenvalue weighted by Crippen LogP contribution is 2.34. The summed E-state index contributed by atoms with van der Waals surface area (Å²) in [6, 6.07) is 0.230. The zero-order valence-corrected chi connectivity index (χ0v) is 16.7. The Morgan fingerprint density at radius 3 is 2.68 bits per heavy atom. The number of hydrogen-bond donors (Lipinski definition) is 1. The molecule has 5 rings (SSSR count). The Bertz CT molecular complexity index is 869. The van der Waals surface area contributed by atoms with Gasteiger partial charge in [0.05, 0.1) is 23.6 Å². The maximum absolute atomic E-state index is 13.2. The molecule has 5 heterocycles. The van der Waals surface area contributed by atoms with Gasteiger partial charge in [0.25, 0.3) is 0 Å². The van der Waals surface area contributed by atoms with Gasteiger partial charge in [0.2, 0.25) is 0 Å². The molecule has 2 fully saturated rings. The quantitative estimate of drug-likeness (QED) is 0.823. The van der Waals surface area contributed by atoms with Crippen LogP contribution in [-0.2, 0) is 6.42 Å². The maximum atomic E-state index is 13.2. The van der Waals surface area contributed by atoms with Gasteiger partial charge in [0.15, 0.2) is 0 Å². The van der Waals surface area contributed by atoms with E-state index in [1.807, 2.05) is 12.4 Å². The van der Waals surface area contributed by atoms with Gasteiger partial charge in [0.1, 0.15) is 11.6 Å². The first-order valence-corrected chi connectivity index (χ1v) is 10.9. The standard InChI is InChI=1S/C21H30N6O/c1-15-7-11-26(21(28)25-9-4-2-3-5-10-25)14-17(15)20-24-13-16-12-23-19-18(27(16)20)6-8-22-19/h12-13,15,17,22H,2-11,14H2,1H3/t15-,17+/m1/s1. The summed E-state index contributed by atoms with van der Waals surface area (Å²) in [6.07, 6.45) is 10.6. The van der Waals surface area contributed by atoms with E-state index >= 15 is 0 Å². The third kappa shape index (κ3) is 3.01. The van der Waals surface area contributed by atoms with Crippen molar-refractivity contribution >= 4 is 17.4 Å². The van der Waals surface area contributed by atoms with Gasteiger partial charge in [0, 0.05) is 45.1 Å². The number of fused-ring (bicyclic) bond motifs is 3. The number of imidazole rings is 1. The van der Waals surface area contributed by atoms with E-state index in [9.17, 15) is 4.79 Å². The van der Waals surface area contributed by atoms with Gasteiger partial charge in [-0.25, -0.2) is 14.8 Å². The van der Waals surface area contributed by atoms with Crippen molar-refractivity contribution in [2.45, 2.75) is 51.4 Å². The van der Waals surface area contributed by atoms with Crippen molar-refractivity contribution in [3.8, 4) is 0 Å². The average Bonchev–Trinajstić information content (AvgIpc) is 3.26. The number of aromatic nitrogens is 3. The summed E-state index contributed by atoms with van der Waals surface area (Å²) in [4.78, 5) is 26.7. The molecule has 0 saturated carbocycles. The molecule has 3 aliphatic rings. The molecule has 2 aromatic rings. The van der Waals surface area contributed by atoms with Gasteiger partial charge >= 0.3 is 6.03 Å². The van der Waals surface area contributed by atoms with Crippen molar-refractivity contribution in [2.75, 3.05) is 38.0 Å². The Morgan fingerprint density at radius 1 is 1.07 bits per heavy atom. The zero-order chi connectivity index (χ0) is 19.1. The van der Waals surface area contributed by atoms with Crippen LogP contribution in [0.5, 0.6) is 0 Å². The van der Waals surface area contributed by atoms with Crippen LogP contribution in [0.3, 0.4) is 0 Å². The Kier molecular flexibility index (Phi) is 4.61. The molecule has 0 bridgehead atoms. The third-order valence-corrected chi connectivity index (χ3v) is 6.78. The fraction of sp³-hybridized carbons (Fsp3) is 0.667. The molecular weight excluding hydrogens is 352 g/mol. The maximum Gasteiger partial charge on any atom is 0.320 e. The predicted octanol–water partition coefficient (Wildman–Crippen LogP) is 3.12. The summed E-state index contributed by atoms with van der Waals surface area (Å²) in [5.41, 5.74) is 2.29. The minimum atomic E-state index is 0.230. The average molecular weight is 383 g/mol. The normalized spacial score (nSPS) is 25.5. The predicted molar refractivity (Wildman–Crippen MR) is 109 cm³/mol. The minimum absolute atomic E-state index is 0.230. The van der Waals surface area contributed by atoms with Crippen LogP contribution in [0, 0.1) is 5.92 Å². The molecule has 28 heavy (non-hydrogen) atoms. The molecule has 2 atom stereocenters. The van der Waals surface area contributed by atoms with E-state index < -0.39 is 0 Å². The first kappa shape index (κ1) is 17.8. The lowest BCUT2D eigenvalue weighted by Crippen LogP contribution is -2.49. The van der Waals surface area contributed by atoms with Crippen molar-refractivity contribution in [1.82, 2.24) is 24.2 Å². The summed E-state index contributed by atoms with van der Waals surface area (Å²) in [6.45, 7) is 6.68. The van der Waals surface area contributed by atoms with E-state index in [1.165, 1.54) is 18.5 Å². The molecule has 0 radical (unpaired) electrons. The van der Waals surface area contributed by atoms with Gasteiger partial charge in [-0.1, -0.05) is 19.8 Å². The topological polar surface area (TPSA) is 65.8 Å². The Labute approximate surface area is 166 Å². The molecule has 2 amide bonds. The van der Waals surface area contributed by atoms with Gasteiger partial charge < -0.3 is 15.1 Å². The molecule has 0 aromatic carbocycles. The number of hydrogen-bond acceptors (Lipinski definition) is 4. The Morgan fingerprint density at radius 2 is 1.86 bits per heavy atom. The zero-order valence-electron chi connectivity index (χ0n) is 16.7. The number of piperidine rings is 1. The third-order valence-electron chi connectivity index (χ3n) is 6.78. The second kappa shape index (κ2) is 7.26. The molecule has 0 aliphatic carbocycles. The Balaban J connectivity index is 1.43. The Hall–Kier alpha value is -2.31. The van der Waals surface area contributed by atoms with Gasteiger partial charge in [-0.3, -0.25) is 4.40 Å². The number of rotatable bonds is 1. The molecule has 0 spiro atoms. The highest BCUT2D eigenvalue weighted by Gasteiger charge is 2.35. The van der Waals surface area contributed by atoms with Crippen LogP contribution in [0.1, 0.15) is 56.5 Å². The largest absolute Gasteiger partial charge is 0.368 e. The van der Waals surface area contributed by atoms with Crippen LogP contribution in [0.25, 0.3) is 5.52 Å². The number of urea groups is 1. The van der Waals surface area contributed by atoms with Crippen molar-refractivity contribution in [1.29, 1.82) is 0 Å². The van der Waals surface area contributed by atoms with Crippen molar-refractivity contribution in [2.24, 2.45) is 5.92 Å². The molecule has 2 saturated heterocycles. The first-order valence-electron chi connectivity index (χ1n) is 10.9. The van der Waals surface area contributed by atoms with Crippen LogP contribution in [0.15, 0.2) is 12.4 Å². The van der Waals surface area contributed by atoms with Crippen LogP contribution in [0.4, 0.5) is 10.6 Å². The molecule has 2 aromatic heterocycles. The van der Waals surface area contributed by atoms with E-state index in [0.29, 0.717) is 5.92 Å². The minimum Gasteiger partial charge on any atom is -0.368 e. The van der Waals surface area contributed by atoms with E-state index in [1.54, 1.807) is 0 Å². The second-order valence-electron chi connectivity index (χ2n) is 8.61. The number of nitrogens with zero attached hydrogens (tertiary/aromatic N) is 5. The number of carbonyl (C=O) groups excluding carboxylic acids is 1. The highest BCUT2D eigenvalue weighted by atomic mass is 16.2. The first-order chi connectivity index (χ1) is 13.7. The number of carbonyl (C=O) groups is 1. The van der Waals surface area contributed by atoms with Crippen molar-refractivity contribution < 1.29 is 4.79 Å². The van der Waals surface area contributed by atoms with Crippen molar-refractivity contribution in [3.05, 3.63) is 23.9 Å². The van der Waals surface area contributed by atoms with E-state index in [0.717, 1.165) is 75.6 Å². The van der Waals surface area contributed by atoms with E-state index in [-0.39, 0.29) is 11.9 Å². The van der Waals surface area contributed by atoms with Gasteiger partial charge in [-0.2, -0.15) is 0 Å². The van der Waals surface area contributed by atoms with E-state index in [4.69, 9.17) is 4.98 Å². The summed E-state index contributed by atoms with van der Waals surface area (Å²) < 4.78 is 2.30. The van der Waals surface area contributed by atoms with Gasteiger partial charge in [-0.15, -0.1) is 0 Å². The van der Waals surface area contributed by atoms with Crippen molar-refractivity contribution in [3.63, 3.8) is 0 Å². The van der Waals surface area contributed by atoms with Gasteiger partial charge in [-0.05, 0) is 25.2 Å². The summed E-state index contributed by atoms with van der Waals surface area (Å²) in [5, 5.41) is 3.37. The number of nitrogens with one attached hydrogen (secondary N) is 1. The summed E-state index contributed by atoms with van der Waals surface area (Å²) in [5.74, 6) is 2.85. The highest BCUT2D eigenvalue weighted by molar-refractivity contribution is 5.74. The summed E-state index contributed by atoms with van der Waals surface area (Å²) in [7, 11) is 0. The lowest BCUT2D eigenvalue weighted by molar-refractivity contribution is 0.125. The van der Waals surface area contributed by atoms with Crippen LogP contribution >= 0.6 is 0 Å². The molecule has 150 valence electrons. The lowest BCUT2D eigenvalue weighted by Gasteiger charge is -2.39. The fourth-order valence-corrected chi connectivity index (χ4v) is 5.06. The van der Waals surface area contributed by atoms with Crippen LogP contribution in [-0.4, -0.2) is 62.9 Å². The molecular formula is C21H30N6O. The monoisotopic (exact) mass is 382 g/mol. The molecule has 3 aliphatic heterocycles. The SMILES string of the molecule is C[C@@H]1CCN(C(=O)N2CCCCCC2)C[C@@H]1c1ncc2cnc3c(n12)CCN3. The van der Waals surface area contributed by atoms with Crippen LogP contribution in [0.2, 0.25) is 0 Å².